The predicted molar refractivity (Wildman–Crippen MR) is 128 cm³/mol. The van der Waals surface area contributed by atoms with Crippen LogP contribution in [0.3, 0.4) is 0 Å². The van der Waals surface area contributed by atoms with Crippen molar-refractivity contribution in [2.45, 2.75) is 13.5 Å². The van der Waals surface area contributed by atoms with E-state index in [9.17, 15) is 10.1 Å². The number of hydrogen-bond acceptors (Lipinski definition) is 9. The predicted octanol–water partition coefficient (Wildman–Crippen LogP) is 4.14. The van der Waals surface area contributed by atoms with Crippen LogP contribution in [0.5, 0.6) is 11.5 Å². The summed E-state index contributed by atoms with van der Waals surface area (Å²) in [4.78, 5) is 24.3. The normalized spacial score (nSPS) is 15.4. The van der Waals surface area contributed by atoms with Gasteiger partial charge < -0.3 is 19.7 Å². The Hall–Kier alpha value is -3.63. The third kappa shape index (κ3) is 4.55. The number of halogens is 1. The lowest BCUT2D eigenvalue weighted by atomic mass is 10.1. The average Bonchev–Trinajstić information content (AvgIpc) is 3.29. The molecule has 2 aliphatic rings. The van der Waals surface area contributed by atoms with Gasteiger partial charge in [-0.05, 0) is 48.4 Å². The van der Waals surface area contributed by atoms with E-state index in [4.69, 9.17) is 21.1 Å². The highest BCUT2D eigenvalue weighted by molar-refractivity contribution is 6.30. The van der Waals surface area contributed by atoms with Gasteiger partial charge in [-0.2, -0.15) is 0 Å². The van der Waals surface area contributed by atoms with Crippen LogP contribution < -0.4 is 19.7 Å². The monoisotopic (exact) mass is 482 g/mol. The summed E-state index contributed by atoms with van der Waals surface area (Å²) in [5.74, 6) is 2.01. The highest BCUT2D eigenvalue weighted by Crippen LogP contribution is 2.36. The Labute approximate surface area is 201 Å². The first-order valence-electron chi connectivity index (χ1n) is 10.9. The van der Waals surface area contributed by atoms with Crippen LogP contribution in [-0.2, 0) is 6.54 Å². The van der Waals surface area contributed by atoms with Gasteiger partial charge in [-0.3, -0.25) is 15.0 Å². The molecule has 1 fully saturated rings. The molecule has 1 N–H and O–H groups in total. The zero-order chi connectivity index (χ0) is 23.7. The molecule has 0 saturated carbocycles. The number of aryl methyl sites for hydroxylation is 1. The summed E-state index contributed by atoms with van der Waals surface area (Å²) in [6.07, 6.45) is 1.36. The van der Waals surface area contributed by atoms with Gasteiger partial charge in [0.15, 0.2) is 11.5 Å². The van der Waals surface area contributed by atoms with E-state index >= 15 is 0 Å². The van der Waals surface area contributed by atoms with Crippen LogP contribution >= 0.6 is 11.6 Å². The molecule has 176 valence electrons. The minimum atomic E-state index is -0.429. The molecule has 1 aromatic heterocycles. The van der Waals surface area contributed by atoms with E-state index < -0.39 is 4.92 Å². The van der Waals surface area contributed by atoms with Crippen LogP contribution in [0, 0.1) is 17.0 Å². The maximum Gasteiger partial charge on any atom is 0.353 e. The number of rotatable bonds is 6. The maximum absolute atomic E-state index is 12.0. The van der Waals surface area contributed by atoms with Crippen molar-refractivity contribution >= 4 is 34.6 Å². The number of benzene rings is 2. The molecule has 0 spiro atoms. The Bertz CT molecular complexity index is 1230. The molecule has 11 heteroatoms. The first-order valence-corrected chi connectivity index (χ1v) is 11.2. The van der Waals surface area contributed by atoms with E-state index in [2.05, 4.69) is 20.2 Å². The Morgan fingerprint density at radius 3 is 2.65 bits per heavy atom. The molecule has 0 bridgehead atoms. The molecular weight excluding hydrogens is 460 g/mol. The topological polar surface area (TPSA) is 106 Å². The number of hydrogen-bond donors (Lipinski definition) is 1. The quantitative estimate of drug-likeness (QED) is 0.409. The van der Waals surface area contributed by atoms with Crippen LogP contribution in [0.4, 0.5) is 23.0 Å². The summed E-state index contributed by atoms with van der Waals surface area (Å²) in [7, 11) is 0. The minimum absolute atomic E-state index is 0.138. The summed E-state index contributed by atoms with van der Waals surface area (Å²) in [5, 5.41) is 15.7. The number of anilines is 3. The standard InChI is InChI=1S/C23H23ClN6O4/c1-15-10-17(24)3-4-18(15)27-22-21(30(31)32)23(26-13-25-22)29-8-6-28(7-9-29)12-16-2-5-19-20(11-16)34-14-33-19/h2-5,10-11,13H,6-9,12,14H2,1H3,(H,25,26,27). The minimum Gasteiger partial charge on any atom is -0.454 e. The molecule has 0 radical (unpaired) electrons. The van der Waals surface area contributed by atoms with E-state index in [1.807, 2.05) is 30.0 Å². The van der Waals surface area contributed by atoms with Crippen molar-refractivity contribution < 1.29 is 14.4 Å². The molecule has 3 aromatic rings. The van der Waals surface area contributed by atoms with Crippen LogP contribution in [0.15, 0.2) is 42.7 Å². The molecular formula is C23H23ClN6O4. The lowest BCUT2D eigenvalue weighted by Gasteiger charge is -2.35. The highest BCUT2D eigenvalue weighted by atomic mass is 35.5. The van der Waals surface area contributed by atoms with Gasteiger partial charge in [0.1, 0.15) is 6.33 Å². The van der Waals surface area contributed by atoms with Gasteiger partial charge in [-0.15, -0.1) is 0 Å². The van der Waals surface area contributed by atoms with Crippen molar-refractivity contribution in [3.05, 3.63) is 69.0 Å². The van der Waals surface area contributed by atoms with Crippen LogP contribution in [0.25, 0.3) is 0 Å². The van der Waals surface area contributed by atoms with Gasteiger partial charge in [0.2, 0.25) is 18.4 Å². The highest BCUT2D eigenvalue weighted by Gasteiger charge is 2.29. The third-order valence-corrected chi connectivity index (χ3v) is 6.18. The van der Waals surface area contributed by atoms with Gasteiger partial charge in [-0.25, -0.2) is 9.97 Å². The lowest BCUT2D eigenvalue weighted by molar-refractivity contribution is -0.383. The van der Waals surface area contributed by atoms with Crippen LogP contribution in [-0.4, -0.2) is 52.8 Å². The van der Waals surface area contributed by atoms with Crippen LogP contribution in [0.2, 0.25) is 5.02 Å². The Balaban J connectivity index is 1.30. The van der Waals surface area contributed by atoms with Crippen LogP contribution in [0.1, 0.15) is 11.1 Å². The third-order valence-electron chi connectivity index (χ3n) is 5.94. The van der Waals surface area contributed by atoms with Gasteiger partial charge in [0.25, 0.3) is 0 Å². The van der Waals surface area contributed by atoms with Crippen molar-refractivity contribution in [1.29, 1.82) is 0 Å². The molecule has 1 saturated heterocycles. The smallest absolute Gasteiger partial charge is 0.353 e. The fourth-order valence-electron chi connectivity index (χ4n) is 4.17. The first-order chi connectivity index (χ1) is 16.5. The summed E-state index contributed by atoms with van der Waals surface area (Å²) >= 11 is 6.03. The van der Waals surface area contributed by atoms with Crippen molar-refractivity contribution in [2.24, 2.45) is 0 Å². The molecule has 0 unspecified atom stereocenters. The summed E-state index contributed by atoms with van der Waals surface area (Å²) in [6.45, 7) is 5.61. The Kier molecular flexibility index (Phi) is 6.08. The largest absolute Gasteiger partial charge is 0.454 e. The number of nitrogens with one attached hydrogen (secondary N) is 1. The van der Waals surface area contributed by atoms with Gasteiger partial charge in [0.05, 0.1) is 4.92 Å². The molecule has 3 heterocycles. The van der Waals surface area contributed by atoms with E-state index in [1.165, 1.54) is 6.33 Å². The number of aromatic nitrogens is 2. The second-order valence-corrected chi connectivity index (χ2v) is 8.62. The molecule has 2 aliphatic heterocycles. The summed E-state index contributed by atoms with van der Waals surface area (Å²) in [5.41, 5.74) is 2.56. The van der Waals surface area contributed by atoms with E-state index in [1.54, 1.807) is 18.2 Å². The van der Waals surface area contributed by atoms with Crippen molar-refractivity contribution in [2.75, 3.05) is 43.2 Å². The lowest BCUT2D eigenvalue weighted by Crippen LogP contribution is -2.46. The average molecular weight is 483 g/mol. The van der Waals surface area contributed by atoms with E-state index in [0.717, 1.165) is 42.3 Å². The molecule has 5 rings (SSSR count). The van der Waals surface area contributed by atoms with E-state index in [-0.39, 0.29) is 18.3 Å². The van der Waals surface area contributed by atoms with E-state index in [0.29, 0.717) is 29.6 Å². The molecule has 0 aliphatic carbocycles. The van der Waals surface area contributed by atoms with Crippen molar-refractivity contribution in [3.8, 4) is 11.5 Å². The van der Waals surface area contributed by atoms with Crippen molar-refractivity contribution in [1.82, 2.24) is 14.9 Å². The number of fused-ring (bicyclic) bond motifs is 1. The SMILES string of the molecule is Cc1cc(Cl)ccc1Nc1ncnc(N2CCN(Cc3ccc4c(c3)OCO4)CC2)c1[N+](=O)[O-]. The number of nitro groups is 1. The number of piperazine rings is 1. The second-order valence-electron chi connectivity index (χ2n) is 8.19. The second kappa shape index (κ2) is 9.32. The molecule has 2 aromatic carbocycles. The number of nitrogens with zero attached hydrogens (tertiary/aromatic N) is 5. The summed E-state index contributed by atoms with van der Waals surface area (Å²) in [6, 6.07) is 11.3. The van der Waals surface area contributed by atoms with Gasteiger partial charge in [0, 0.05) is 43.4 Å². The zero-order valence-corrected chi connectivity index (χ0v) is 19.3. The molecule has 0 amide bonds. The van der Waals surface area contributed by atoms with Crippen molar-refractivity contribution in [3.63, 3.8) is 0 Å². The fourth-order valence-corrected chi connectivity index (χ4v) is 4.40. The fraction of sp³-hybridized carbons (Fsp3) is 0.304. The number of ether oxygens (including phenoxy) is 2. The zero-order valence-electron chi connectivity index (χ0n) is 18.5. The Morgan fingerprint density at radius 2 is 1.88 bits per heavy atom. The van der Waals surface area contributed by atoms with Gasteiger partial charge in [-0.1, -0.05) is 17.7 Å². The Morgan fingerprint density at radius 1 is 1.09 bits per heavy atom. The molecule has 34 heavy (non-hydrogen) atoms. The molecule has 0 atom stereocenters. The first kappa shape index (κ1) is 22.2. The summed E-state index contributed by atoms with van der Waals surface area (Å²) < 4.78 is 10.8. The molecule has 10 nitrogen and oxygen atoms in total. The van der Waals surface area contributed by atoms with Gasteiger partial charge >= 0.3 is 5.69 Å². The maximum atomic E-state index is 12.0.